The van der Waals surface area contributed by atoms with Crippen LogP contribution in [0.3, 0.4) is 0 Å². The molecule has 0 bridgehead atoms. The number of rotatable bonds is 1. The van der Waals surface area contributed by atoms with E-state index >= 15 is 0 Å². The summed E-state index contributed by atoms with van der Waals surface area (Å²) in [5.41, 5.74) is 0.911. The lowest BCUT2D eigenvalue weighted by Gasteiger charge is -2.23. The van der Waals surface area contributed by atoms with E-state index in [2.05, 4.69) is 0 Å². The van der Waals surface area contributed by atoms with Crippen molar-refractivity contribution in [3.05, 3.63) is 11.1 Å². The molecule has 0 radical (unpaired) electrons. The van der Waals surface area contributed by atoms with Gasteiger partial charge in [-0.15, -0.1) is 0 Å². The van der Waals surface area contributed by atoms with Gasteiger partial charge in [-0.05, 0) is 31.3 Å². The zero-order valence-corrected chi connectivity index (χ0v) is 11.6. The van der Waals surface area contributed by atoms with Crippen LogP contribution in [0.15, 0.2) is 11.1 Å². The van der Waals surface area contributed by atoms with E-state index < -0.39 is 0 Å². The Kier molecular flexibility index (Phi) is 4.52. The smallest absolute Gasteiger partial charge is 0.177 e. The summed E-state index contributed by atoms with van der Waals surface area (Å²) in [5.74, 6) is 0.106. The second kappa shape index (κ2) is 6.14. The second-order valence-electron chi connectivity index (χ2n) is 5.91. The SMILES string of the molecule is CC1=C(C#N)C(=O)C(C2CCCCCC2)CC(=O)C1. The third-order valence-electron chi connectivity index (χ3n) is 4.50. The molecule has 0 saturated heterocycles. The minimum absolute atomic E-state index is 0.0715. The minimum Gasteiger partial charge on any atom is -0.299 e. The van der Waals surface area contributed by atoms with E-state index in [0.717, 1.165) is 25.7 Å². The van der Waals surface area contributed by atoms with Crippen molar-refractivity contribution in [1.82, 2.24) is 0 Å². The Morgan fingerprint density at radius 2 is 1.74 bits per heavy atom. The molecule has 1 atom stereocenters. The van der Waals surface area contributed by atoms with Crippen LogP contribution < -0.4 is 0 Å². The molecule has 0 heterocycles. The van der Waals surface area contributed by atoms with Crippen molar-refractivity contribution in [3.8, 4) is 6.07 Å². The predicted octanol–water partition coefficient (Wildman–Crippen LogP) is 3.35. The maximum Gasteiger partial charge on any atom is 0.177 e. The summed E-state index contributed by atoms with van der Waals surface area (Å²) in [6, 6.07) is 2.03. The van der Waals surface area contributed by atoms with Crippen molar-refractivity contribution in [2.24, 2.45) is 11.8 Å². The van der Waals surface area contributed by atoms with E-state index in [4.69, 9.17) is 0 Å². The lowest BCUT2D eigenvalue weighted by atomic mass is 9.79. The normalized spacial score (nSPS) is 26.8. The van der Waals surface area contributed by atoms with Crippen molar-refractivity contribution >= 4 is 11.6 Å². The fourth-order valence-electron chi connectivity index (χ4n) is 3.43. The van der Waals surface area contributed by atoms with Gasteiger partial charge in [0.25, 0.3) is 0 Å². The maximum atomic E-state index is 12.5. The van der Waals surface area contributed by atoms with E-state index in [-0.39, 0.29) is 29.5 Å². The number of Topliss-reactive ketones (excluding diaryl/α,β-unsaturated/α-hetero) is 2. The van der Waals surface area contributed by atoms with E-state index in [1.165, 1.54) is 12.8 Å². The van der Waals surface area contributed by atoms with Gasteiger partial charge in [0, 0.05) is 18.8 Å². The maximum absolute atomic E-state index is 12.5. The van der Waals surface area contributed by atoms with E-state index in [0.29, 0.717) is 17.9 Å². The van der Waals surface area contributed by atoms with Crippen LogP contribution in [-0.2, 0) is 9.59 Å². The Hall–Kier alpha value is -1.43. The van der Waals surface area contributed by atoms with Gasteiger partial charge in [0.15, 0.2) is 5.78 Å². The summed E-state index contributed by atoms with van der Waals surface area (Å²) in [4.78, 5) is 24.5. The Labute approximate surface area is 114 Å². The van der Waals surface area contributed by atoms with Crippen molar-refractivity contribution in [2.75, 3.05) is 0 Å². The monoisotopic (exact) mass is 259 g/mol. The van der Waals surface area contributed by atoms with Crippen LogP contribution in [0.4, 0.5) is 0 Å². The fourth-order valence-corrected chi connectivity index (χ4v) is 3.43. The van der Waals surface area contributed by atoms with Crippen molar-refractivity contribution < 1.29 is 9.59 Å². The van der Waals surface area contributed by atoms with Gasteiger partial charge >= 0.3 is 0 Å². The van der Waals surface area contributed by atoms with Gasteiger partial charge in [0.1, 0.15) is 11.9 Å². The number of nitrogens with zero attached hydrogens (tertiary/aromatic N) is 1. The molecule has 0 aromatic carbocycles. The van der Waals surface area contributed by atoms with Gasteiger partial charge in [0.2, 0.25) is 0 Å². The molecule has 0 aliphatic heterocycles. The molecule has 0 N–H and O–H groups in total. The first kappa shape index (κ1) is 14.0. The summed E-state index contributed by atoms with van der Waals surface area (Å²) in [6.45, 7) is 1.74. The summed E-state index contributed by atoms with van der Waals surface area (Å²) in [7, 11) is 0. The molecule has 1 saturated carbocycles. The van der Waals surface area contributed by atoms with Gasteiger partial charge in [-0.2, -0.15) is 5.26 Å². The lowest BCUT2D eigenvalue weighted by molar-refractivity contribution is -0.126. The molecule has 0 aromatic heterocycles. The Bertz CT molecular complexity index is 448. The zero-order valence-electron chi connectivity index (χ0n) is 11.6. The number of hydrogen-bond acceptors (Lipinski definition) is 3. The predicted molar refractivity (Wildman–Crippen MR) is 72.2 cm³/mol. The third kappa shape index (κ3) is 3.12. The van der Waals surface area contributed by atoms with Crippen molar-refractivity contribution in [3.63, 3.8) is 0 Å². The molecular formula is C16H21NO2. The van der Waals surface area contributed by atoms with Crippen molar-refractivity contribution in [2.45, 2.75) is 58.3 Å². The number of carbonyl (C=O) groups excluding carboxylic acids is 2. The molecular weight excluding hydrogens is 238 g/mol. The fraction of sp³-hybridized carbons (Fsp3) is 0.688. The molecule has 1 unspecified atom stereocenters. The standard InChI is InChI=1S/C16H21NO2/c1-11-8-13(18)9-14(16(19)15(11)10-17)12-6-4-2-3-5-7-12/h12,14H,2-9H2,1H3. The molecule has 3 nitrogen and oxygen atoms in total. The number of allylic oxidation sites excluding steroid dienone is 2. The van der Waals surface area contributed by atoms with Crippen LogP contribution in [0.2, 0.25) is 0 Å². The average molecular weight is 259 g/mol. The van der Waals surface area contributed by atoms with E-state index in [1.54, 1.807) is 6.92 Å². The van der Waals surface area contributed by atoms with Crippen LogP contribution >= 0.6 is 0 Å². The first-order chi connectivity index (χ1) is 9.13. The number of hydrogen-bond donors (Lipinski definition) is 0. The molecule has 2 rings (SSSR count). The van der Waals surface area contributed by atoms with Crippen LogP contribution in [0.5, 0.6) is 0 Å². The van der Waals surface area contributed by atoms with Crippen LogP contribution in [0.1, 0.15) is 58.3 Å². The summed E-state index contributed by atoms with van der Waals surface area (Å²) in [6.07, 6.45) is 7.42. The van der Waals surface area contributed by atoms with Crippen molar-refractivity contribution in [1.29, 1.82) is 5.26 Å². The average Bonchev–Trinajstić information content (AvgIpc) is 2.69. The van der Waals surface area contributed by atoms with E-state index in [1.807, 2.05) is 6.07 Å². The highest BCUT2D eigenvalue weighted by molar-refractivity contribution is 6.05. The summed E-state index contributed by atoms with van der Waals surface area (Å²) < 4.78 is 0. The van der Waals surface area contributed by atoms with Gasteiger partial charge < -0.3 is 0 Å². The van der Waals surface area contributed by atoms with Gasteiger partial charge in [-0.25, -0.2) is 0 Å². The number of carbonyl (C=O) groups is 2. The molecule has 2 aliphatic carbocycles. The first-order valence-corrected chi connectivity index (χ1v) is 7.29. The number of nitriles is 1. The summed E-state index contributed by atoms with van der Waals surface area (Å²) >= 11 is 0. The molecule has 0 spiro atoms. The molecule has 0 aromatic rings. The number of ketones is 2. The molecule has 3 heteroatoms. The first-order valence-electron chi connectivity index (χ1n) is 7.29. The zero-order chi connectivity index (χ0) is 13.8. The lowest BCUT2D eigenvalue weighted by Crippen LogP contribution is -2.26. The van der Waals surface area contributed by atoms with Crippen LogP contribution in [0.25, 0.3) is 0 Å². The highest BCUT2D eigenvalue weighted by Crippen LogP contribution is 2.35. The summed E-state index contributed by atoms with van der Waals surface area (Å²) in [5, 5.41) is 9.17. The second-order valence-corrected chi connectivity index (χ2v) is 5.91. The highest BCUT2D eigenvalue weighted by Gasteiger charge is 2.35. The Morgan fingerprint density at radius 3 is 2.32 bits per heavy atom. The highest BCUT2D eigenvalue weighted by atomic mass is 16.1. The largest absolute Gasteiger partial charge is 0.299 e. The third-order valence-corrected chi connectivity index (χ3v) is 4.50. The van der Waals surface area contributed by atoms with Gasteiger partial charge in [0.05, 0.1) is 5.57 Å². The van der Waals surface area contributed by atoms with Gasteiger partial charge in [-0.3, -0.25) is 9.59 Å². The molecule has 102 valence electrons. The minimum atomic E-state index is -0.238. The topological polar surface area (TPSA) is 57.9 Å². The van der Waals surface area contributed by atoms with E-state index in [9.17, 15) is 14.9 Å². The van der Waals surface area contributed by atoms with Gasteiger partial charge in [-0.1, -0.05) is 25.7 Å². The molecule has 2 aliphatic rings. The molecule has 19 heavy (non-hydrogen) atoms. The molecule has 0 amide bonds. The Balaban J connectivity index is 2.26. The van der Waals surface area contributed by atoms with Crippen LogP contribution in [0, 0.1) is 23.2 Å². The quantitative estimate of drug-likeness (QED) is 0.678. The Morgan fingerprint density at radius 1 is 1.11 bits per heavy atom. The van der Waals surface area contributed by atoms with Crippen LogP contribution in [-0.4, -0.2) is 11.6 Å². The molecule has 1 fully saturated rings.